The van der Waals surface area contributed by atoms with Gasteiger partial charge in [0.1, 0.15) is 11.2 Å². The molecule has 6 nitrogen and oxygen atoms in total. The van der Waals surface area contributed by atoms with E-state index in [4.69, 9.17) is 0 Å². The van der Waals surface area contributed by atoms with Crippen molar-refractivity contribution in [3.8, 4) is 0 Å². The van der Waals surface area contributed by atoms with Crippen LogP contribution in [0.2, 0.25) is 0 Å². The van der Waals surface area contributed by atoms with Crippen LogP contribution in [0.15, 0.2) is 36.4 Å². The van der Waals surface area contributed by atoms with E-state index in [0.717, 1.165) is 0 Å². The average molecular weight is 451 g/mol. The Labute approximate surface area is 193 Å². The minimum absolute atomic E-state index is 0.128. The number of Topliss-reactive ketones (excluding diaryl/α,β-unsaturated/α-hetero) is 4. The molecule has 0 heterocycles. The number of carbonyl (C=O) groups is 4. The Morgan fingerprint density at radius 3 is 1.33 bits per heavy atom. The molecule has 0 aromatic heterocycles. The molecule has 0 radical (unpaired) electrons. The van der Waals surface area contributed by atoms with Crippen LogP contribution < -0.4 is 0 Å². The Hall–Kier alpha value is -2.96. The van der Waals surface area contributed by atoms with Gasteiger partial charge < -0.3 is 10.2 Å². The van der Waals surface area contributed by atoms with Crippen molar-refractivity contribution in [1.82, 2.24) is 0 Å². The fraction of sp³-hybridized carbons (Fsp3) is 0.407. The number of aliphatic hydroxyl groups is 2. The SMILES string of the molecule is CCC(O)(CC)C(=O)c1ccc2c(c1)C(=O)C(=O)c1cc(C(=O)C(O)(CC)CC)ccc1C2. The fourth-order valence-corrected chi connectivity index (χ4v) is 4.30. The lowest BCUT2D eigenvalue weighted by atomic mass is 9.86. The summed E-state index contributed by atoms with van der Waals surface area (Å²) in [6, 6.07) is 9.20. The minimum Gasteiger partial charge on any atom is -0.382 e. The molecule has 3 rings (SSSR count). The molecular weight excluding hydrogens is 420 g/mol. The van der Waals surface area contributed by atoms with Crippen LogP contribution in [0.4, 0.5) is 0 Å². The zero-order chi connectivity index (χ0) is 24.6. The van der Waals surface area contributed by atoms with E-state index in [0.29, 0.717) is 11.1 Å². The van der Waals surface area contributed by atoms with Crippen molar-refractivity contribution in [3.05, 3.63) is 69.8 Å². The van der Waals surface area contributed by atoms with E-state index in [9.17, 15) is 29.4 Å². The van der Waals surface area contributed by atoms with Gasteiger partial charge in [-0.25, -0.2) is 0 Å². The normalized spacial score (nSPS) is 13.9. The van der Waals surface area contributed by atoms with Crippen molar-refractivity contribution in [3.63, 3.8) is 0 Å². The molecule has 0 spiro atoms. The van der Waals surface area contributed by atoms with Crippen molar-refractivity contribution in [2.24, 2.45) is 0 Å². The second kappa shape index (κ2) is 9.12. The number of fused-ring (bicyclic) bond motifs is 2. The van der Waals surface area contributed by atoms with Gasteiger partial charge in [0.25, 0.3) is 0 Å². The Bertz CT molecular complexity index is 1050. The molecular formula is C27H30O6. The summed E-state index contributed by atoms with van der Waals surface area (Å²) < 4.78 is 0. The third-order valence-corrected chi connectivity index (χ3v) is 7.01. The van der Waals surface area contributed by atoms with Gasteiger partial charge in [-0.15, -0.1) is 0 Å². The van der Waals surface area contributed by atoms with Crippen LogP contribution in [0.5, 0.6) is 0 Å². The quantitative estimate of drug-likeness (QED) is 0.462. The van der Waals surface area contributed by atoms with E-state index in [-0.39, 0.29) is 54.4 Å². The lowest BCUT2D eigenvalue weighted by molar-refractivity contribution is 0.0277. The van der Waals surface area contributed by atoms with Crippen molar-refractivity contribution in [2.45, 2.75) is 71.0 Å². The van der Waals surface area contributed by atoms with Crippen molar-refractivity contribution in [1.29, 1.82) is 0 Å². The predicted molar refractivity (Wildman–Crippen MR) is 124 cm³/mol. The molecule has 6 heteroatoms. The van der Waals surface area contributed by atoms with Crippen LogP contribution in [0.25, 0.3) is 0 Å². The number of hydrogen-bond donors (Lipinski definition) is 2. The Kier molecular flexibility index (Phi) is 6.82. The molecule has 0 saturated heterocycles. The van der Waals surface area contributed by atoms with Gasteiger partial charge in [-0.3, -0.25) is 19.2 Å². The topological polar surface area (TPSA) is 109 Å². The Morgan fingerprint density at radius 1 is 0.697 bits per heavy atom. The zero-order valence-corrected chi connectivity index (χ0v) is 19.5. The zero-order valence-electron chi connectivity index (χ0n) is 19.5. The van der Waals surface area contributed by atoms with Crippen LogP contribution >= 0.6 is 0 Å². The lowest BCUT2D eigenvalue weighted by Crippen LogP contribution is -2.37. The fourth-order valence-electron chi connectivity index (χ4n) is 4.30. The van der Waals surface area contributed by atoms with Gasteiger partial charge in [-0.1, -0.05) is 52.0 Å². The highest BCUT2D eigenvalue weighted by molar-refractivity contribution is 6.50. The lowest BCUT2D eigenvalue weighted by Gasteiger charge is -2.23. The molecule has 0 fully saturated rings. The van der Waals surface area contributed by atoms with E-state index in [1.54, 1.807) is 52.0 Å². The molecule has 33 heavy (non-hydrogen) atoms. The smallest absolute Gasteiger partial charge is 0.233 e. The van der Waals surface area contributed by atoms with Crippen LogP contribution in [-0.2, 0) is 6.42 Å². The third-order valence-electron chi connectivity index (χ3n) is 7.01. The van der Waals surface area contributed by atoms with Gasteiger partial charge in [0.05, 0.1) is 0 Å². The summed E-state index contributed by atoms with van der Waals surface area (Å²) in [6.07, 6.45) is 1.21. The molecule has 0 unspecified atom stereocenters. The molecule has 2 aromatic rings. The first-order valence-corrected chi connectivity index (χ1v) is 11.4. The van der Waals surface area contributed by atoms with Gasteiger partial charge >= 0.3 is 0 Å². The first kappa shape index (κ1) is 24.7. The highest BCUT2D eigenvalue weighted by atomic mass is 16.3. The van der Waals surface area contributed by atoms with E-state index in [2.05, 4.69) is 0 Å². The van der Waals surface area contributed by atoms with Crippen LogP contribution in [0, 0.1) is 0 Å². The molecule has 1 aliphatic carbocycles. The van der Waals surface area contributed by atoms with Crippen molar-refractivity contribution < 1.29 is 29.4 Å². The molecule has 0 aliphatic heterocycles. The molecule has 0 atom stereocenters. The molecule has 0 amide bonds. The highest BCUT2D eigenvalue weighted by Crippen LogP contribution is 2.30. The van der Waals surface area contributed by atoms with Crippen LogP contribution in [0.3, 0.4) is 0 Å². The second-order valence-electron chi connectivity index (χ2n) is 8.71. The number of benzene rings is 2. The van der Waals surface area contributed by atoms with Gasteiger partial charge in [-0.2, -0.15) is 0 Å². The summed E-state index contributed by atoms with van der Waals surface area (Å²) >= 11 is 0. The molecule has 2 N–H and O–H groups in total. The number of hydrogen-bond acceptors (Lipinski definition) is 6. The van der Waals surface area contributed by atoms with E-state index >= 15 is 0 Å². The minimum atomic E-state index is -1.53. The van der Waals surface area contributed by atoms with Crippen LogP contribution in [-0.4, -0.2) is 44.5 Å². The monoisotopic (exact) mass is 450 g/mol. The van der Waals surface area contributed by atoms with Gasteiger partial charge in [0.15, 0.2) is 11.6 Å². The summed E-state index contributed by atoms with van der Waals surface area (Å²) in [7, 11) is 0. The van der Waals surface area contributed by atoms with Gasteiger partial charge in [0.2, 0.25) is 11.6 Å². The molecule has 1 aliphatic rings. The Morgan fingerprint density at radius 2 is 1.03 bits per heavy atom. The van der Waals surface area contributed by atoms with Crippen molar-refractivity contribution >= 4 is 23.1 Å². The summed E-state index contributed by atoms with van der Waals surface area (Å²) in [5.41, 5.74) is -1.25. The maximum Gasteiger partial charge on any atom is 0.233 e. The van der Waals surface area contributed by atoms with E-state index < -0.39 is 34.3 Å². The number of rotatable bonds is 8. The third kappa shape index (κ3) is 4.21. The van der Waals surface area contributed by atoms with E-state index in [1.807, 2.05) is 0 Å². The molecule has 0 bridgehead atoms. The summed E-state index contributed by atoms with van der Waals surface area (Å²) in [5, 5.41) is 21.2. The average Bonchev–Trinajstić information content (AvgIpc) is 2.95. The number of carbonyl (C=O) groups excluding carboxylic acids is 4. The largest absolute Gasteiger partial charge is 0.382 e. The maximum absolute atomic E-state index is 13.1. The van der Waals surface area contributed by atoms with E-state index in [1.165, 1.54) is 12.1 Å². The standard InChI is InChI=1S/C27H30O6/c1-5-26(32,6-2)24(30)18-11-9-16-13-17-10-12-19(25(31)27(33,7-3)8-4)15-21(17)23(29)22(28)20(16)14-18/h9-12,14-15,32-33H,5-8,13H2,1-4H3. The summed E-state index contributed by atoms with van der Waals surface area (Å²) in [6.45, 7) is 6.86. The highest BCUT2D eigenvalue weighted by Gasteiger charge is 2.36. The van der Waals surface area contributed by atoms with Crippen molar-refractivity contribution in [2.75, 3.05) is 0 Å². The number of ketones is 4. The summed E-state index contributed by atoms with van der Waals surface area (Å²) in [5.74, 6) is -2.49. The summed E-state index contributed by atoms with van der Waals surface area (Å²) in [4.78, 5) is 51.9. The molecule has 2 aromatic carbocycles. The first-order valence-electron chi connectivity index (χ1n) is 11.4. The van der Waals surface area contributed by atoms with Gasteiger partial charge in [-0.05, 0) is 55.4 Å². The maximum atomic E-state index is 13.1. The Balaban J connectivity index is 2.04. The van der Waals surface area contributed by atoms with Crippen LogP contribution in [0.1, 0.15) is 106 Å². The second-order valence-corrected chi connectivity index (χ2v) is 8.71. The predicted octanol–water partition coefficient (Wildman–Crippen LogP) is 4.12. The van der Waals surface area contributed by atoms with Gasteiger partial charge in [0, 0.05) is 22.3 Å². The molecule has 174 valence electrons. The first-order chi connectivity index (χ1) is 15.5. The molecule has 0 saturated carbocycles.